The van der Waals surface area contributed by atoms with Crippen LogP contribution in [0.2, 0.25) is 5.02 Å². The smallest absolute Gasteiger partial charge is 0.199 e. The van der Waals surface area contributed by atoms with Crippen molar-refractivity contribution in [1.82, 2.24) is 0 Å². The number of aryl methyl sites for hydroxylation is 1. The van der Waals surface area contributed by atoms with Gasteiger partial charge in [0.05, 0.1) is 4.90 Å². The minimum absolute atomic E-state index is 0.184. The van der Waals surface area contributed by atoms with Crippen molar-refractivity contribution in [2.75, 3.05) is 0 Å². The second-order valence-corrected chi connectivity index (χ2v) is 6.52. The summed E-state index contributed by atoms with van der Waals surface area (Å²) in [5.41, 5.74) is 1.92. The van der Waals surface area contributed by atoms with Crippen LogP contribution in [0, 0.1) is 6.92 Å². The van der Waals surface area contributed by atoms with E-state index in [0.29, 0.717) is 5.02 Å². The Morgan fingerprint density at radius 3 is 2.24 bits per heavy atom. The number of hydrogen-bond acceptors (Lipinski definition) is 2. The van der Waals surface area contributed by atoms with Gasteiger partial charge in [-0.2, -0.15) is 12.8 Å². The van der Waals surface area contributed by atoms with Crippen LogP contribution in [-0.4, -0.2) is 14.6 Å². The molecule has 0 saturated heterocycles. The zero-order valence-electron chi connectivity index (χ0n) is 11.4. The topological polar surface area (TPSA) is 46.5 Å². The molecule has 2 rings (SSSR count). The number of nitrogens with zero attached hydrogens (tertiary/aromatic N) is 1. The molecule has 5 heteroatoms. The van der Waals surface area contributed by atoms with E-state index in [4.69, 9.17) is 11.6 Å². The second-order valence-electron chi connectivity index (χ2n) is 4.45. The van der Waals surface area contributed by atoms with Gasteiger partial charge in [-0.05, 0) is 42.8 Å². The third kappa shape index (κ3) is 4.55. The van der Waals surface area contributed by atoms with Crippen LogP contribution in [0.4, 0.5) is 0 Å². The fourth-order valence-corrected chi connectivity index (χ4v) is 2.57. The maximum Gasteiger partial charge on any atom is 0.282 e. The largest absolute Gasteiger partial charge is 0.282 e. The second kappa shape index (κ2) is 6.70. The third-order valence-corrected chi connectivity index (χ3v) is 4.28. The Morgan fingerprint density at radius 1 is 1.00 bits per heavy atom. The van der Waals surface area contributed by atoms with Crippen molar-refractivity contribution in [3.63, 3.8) is 0 Å². The molecule has 2 aromatic rings. The number of hydrogen-bond donors (Lipinski definition) is 0. The first-order valence-electron chi connectivity index (χ1n) is 6.27. The fraction of sp³-hybridized carbons (Fsp3) is 0.0625. The van der Waals surface area contributed by atoms with Crippen molar-refractivity contribution in [2.24, 2.45) is 4.40 Å². The lowest BCUT2D eigenvalue weighted by Crippen LogP contribution is -1.96. The molecule has 0 bridgehead atoms. The minimum Gasteiger partial charge on any atom is -0.199 e. The highest BCUT2D eigenvalue weighted by Gasteiger charge is 2.09. The monoisotopic (exact) mass is 319 g/mol. The van der Waals surface area contributed by atoms with Crippen LogP contribution < -0.4 is 0 Å². The molecule has 0 aromatic heterocycles. The molecular formula is C16H14ClNO2S. The first-order valence-corrected chi connectivity index (χ1v) is 8.08. The molecule has 0 unspecified atom stereocenters. The highest BCUT2D eigenvalue weighted by molar-refractivity contribution is 7.90. The molecule has 3 nitrogen and oxygen atoms in total. The summed E-state index contributed by atoms with van der Waals surface area (Å²) in [5.74, 6) is 0. The van der Waals surface area contributed by atoms with Crippen molar-refractivity contribution in [3.05, 3.63) is 70.8 Å². The normalized spacial score (nSPS) is 12.3. The Bertz CT molecular complexity index is 761. The molecule has 21 heavy (non-hydrogen) atoms. The van der Waals surface area contributed by atoms with Crippen LogP contribution in [0.25, 0.3) is 6.08 Å². The first kappa shape index (κ1) is 15.5. The van der Waals surface area contributed by atoms with Crippen LogP contribution in [-0.2, 0) is 10.0 Å². The summed E-state index contributed by atoms with van der Waals surface area (Å²) >= 11 is 5.78. The Hall–Kier alpha value is -1.91. The fourth-order valence-electron chi connectivity index (χ4n) is 1.61. The van der Waals surface area contributed by atoms with Crippen LogP contribution in [0.15, 0.2) is 63.9 Å². The van der Waals surface area contributed by atoms with E-state index in [1.54, 1.807) is 48.6 Å². The number of sulfonamides is 1. The Morgan fingerprint density at radius 2 is 1.62 bits per heavy atom. The third-order valence-electron chi connectivity index (χ3n) is 2.76. The van der Waals surface area contributed by atoms with Crippen molar-refractivity contribution in [2.45, 2.75) is 11.8 Å². The summed E-state index contributed by atoms with van der Waals surface area (Å²) in [6.07, 6.45) is 4.60. The van der Waals surface area contributed by atoms with Crippen molar-refractivity contribution < 1.29 is 8.42 Å². The summed E-state index contributed by atoms with van der Waals surface area (Å²) in [5, 5.41) is 0.655. The summed E-state index contributed by atoms with van der Waals surface area (Å²) in [7, 11) is -3.64. The van der Waals surface area contributed by atoms with E-state index >= 15 is 0 Å². The molecule has 0 atom stereocenters. The maximum absolute atomic E-state index is 12.0. The van der Waals surface area contributed by atoms with E-state index in [-0.39, 0.29) is 4.90 Å². The highest BCUT2D eigenvalue weighted by Crippen LogP contribution is 2.13. The van der Waals surface area contributed by atoms with Crippen LogP contribution >= 0.6 is 11.6 Å². The maximum atomic E-state index is 12.0. The van der Waals surface area contributed by atoms with E-state index in [1.165, 1.54) is 6.21 Å². The molecule has 108 valence electrons. The van der Waals surface area contributed by atoms with Gasteiger partial charge in [0.1, 0.15) is 0 Å². The quantitative estimate of drug-likeness (QED) is 0.796. The van der Waals surface area contributed by atoms with Gasteiger partial charge in [0.25, 0.3) is 10.0 Å². The summed E-state index contributed by atoms with van der Waals surface area (Å²) in [6.45, 7) is 1.90. The number of halogens is 1. The van der Waals surface area contributed by atoms with E-state index in [9.17, 15) is 8.42 Å². The molecule has 0 radical (unpaired) electrons. The molecule has 0 spiro atoms. The lowest BCUT2D eigenvalue weighted by molar-refractivity contribution is 0.598. The molecule has 0 fully saturated rings. The molecule has 2 aromatic carbocycles. The molecule has 0 N–H and O–H groups in total. The van der Waals surface area contributed by atoms with Crippen LogP contribution in [0.3, 0.4) is 0 Å². The van der Waals surface area contributed by atoms with Gasteiger partial charge in [0, 0.05) is 11.2 Å². The average Bonchev–Trinajstić information content (AvgIpc) is 2.46. The zero-order valence-corrected chi connectivity index (χ0v) is 13.0. The highest BCUT2D eigenvalue weighted by atomic mass is 35.5. The number of benzene rings is 2. The number of allylic oxidation sites excluding steroid dienone is 1. The van der Waals surface area contributed by atoms with E-state index in [0.717, 1.165) is 11.1 Å². The Kier molecular flexibility index (Phi) is 4.94. The summed E-state index contributed by atoms with van der Waals surface area (Å²) in [6, 6.07) is 13.8. The van der Waals surface area contributed by atoms with Crippen molar-refractivity contribution in [1.29, 1.82) is 0 Å². The van der Waals surface area contributed by atoms with E-state index in [1.807, 2.05) is 19.1 Å². The van der Waals surface area contributed by atoms with Gasteiger partial charge >= 0.3 is 0 Å². The predicted octanol–water partition coefficient (Wildman–Crippen LogP) is 4.12. The van der Waals surface area contributed by atoms with Crippen molar-refractivity contribution in [3.8, 4) is 0 Å². The van der Waals surface area contributed by atoms with E-state index in [2.05, 4.69) is 4.40 Å². The molecule has 0 amide bonds. The van der Waals surface area contributed by atoms with Gasteiger partial charge in [-0.1, -0.05) is 47.5 Å². The zero-order chi connectivity index (χ0) is 15.3. The van der Waals surface area contributed by atoms with Gasteiger partial charge in [0.15, 0.2) is 0 Å². The summed E-state index contributed by atoms with van der Waals surface area (Å²) < 4.78 is 27.5. The van der Waals surface area contributed by atoms with Gasteiger partial charge < -0.3 is 0 Å². The van der Waals surface area contributed by atoms with Gasteiger partial charge in [0.2, 0.25) is 0 Å². The molecular weight excluding hydrogens is 306 g/mol. The summed E-state index contributed by atoms with van der Waals surface area (Å²) in [4.78, 5) is 0.184. The van der Waals surface area contributed by atoms with Crippen molar-refractivity contribution >= 4 is 33.9 Å². The predicted molar refractivity (Wildman–Crippen MR) is 87.3 cm³/mol. The van der Waals surface area contributed by atoms with Gasteiger partial charge in [-0.3, -0.25) is 0 Å². The lowest BCUT2D eigenvalue weighted by Gasteiger charge is -1.98. The molecule has 0 aliphatic carbocycles. The first-order chi connectivity index (χ1) is 9.97. The standard InChI is InChI=1S/C16H14ClNO2S/c1-13-4-10-16(11-5-13)21(19,20)18-12-2-3-14-6-8-15(17)9-7-14/h2-12H,1H3/b3-2+,18-12+. The molecule has 0 saturated carbocycles. The Labute approximate surface area is 129 Å². The van der Waals surface area contributed by atoms with Crippen LogP contribution in [0.5, 0.6) is 0 Å². The van der Waals surface area contributed by atoms with Gasteiger partial charge in [-0.15, -0.1) is 0 Å². The number of rotatable bonds is 4. The minimum atomic E-state index is -3.64. The molecule has 0 aliphatic rings. The van der Waals surface area contributed by atoms with Crippen LogP contribution in [0.1, 0.15) is 11.1 Å². The Balaban J connectivity index is 2.09. The van der Waals surface area contributed by atoms with Gasteiger partial charge in [-0.25, -0.2) is 0 Å². The molecule has 0 heterocycles. The molecule has 0 aliphatic heterocycles. The average molecular weight is 320 g/mol. The van der Waals surface area contributed by atoms with E-state index < -0.39 is 10.0 Å². The lowest BCUT2D eigenvalue weighted by atomic mass is 10.2. The SMILES string of the molecule is Cc1ccc(S(=O)(=O)/N=C/C=C/c2ccc(Cl)cc2)cc1.